The van der Waals surface area contributed by atoms with Gasteiger partial charge in [-0.3, -0.25) is 0 Å². The largest absolute Gasteiger partial charge is 0.309 e. The van der Waals surface area contributed by atoms with Crippen LogP contribution in [0.25, 0.3) is 93.9 Å². The number of hydrogen-bond donors (Lipinski definition) is 0. The molecule has 10 aromatic rings. The van der Waals surface area contributed by atoms with Gasteiger partial charge in [-0.2, -0.15) is 0 Å². The van der Waals surface area contributed by atoms with Gasteiger partial charge in [0.15, 0.2) is 0 Å². The van der Waals surface area contributed by atoms with Gasteiger partial charge in [0.05, 0.1) is 11.0 Å². The lowest BCUT2D eigenvalue weighted by atomic mass is 9.82. The Hall–Kier alpha value is -6.96. The van der Waals surface area contributed by atoms with Crippen molar-refractivity contribution in [2.24, 2.45) is 0 Å². The lowest BCUT2D eigenvalue weighted by Crippen LogP contribution is -2.15. The highest BCUT2D eigenvalue weighted by Gasteiger charge is 2.35. The van der Waals surface area contributed by atoms with Gasteiger partial charge >= 0.3 is 0 Å². The lowest BCUT2D eigenvalue weighted by Gasteiger charge is -2.22. The number of nitrogens with zero attached hydrogens (tertiary/aromatic N) is 1. The van der Waals surface area contributed by atoms with Crippen LogP contribution in [-0.2, 0) is 5.41 Å². The second-order valence-corrected chi connectivity index (χ2v) is 15.7. The van der Waals surface area contributed by atoms with E-state index in [0.717, 1.165) is 0 Å². The predicted molar refractivity (Wildman–Crippen MR) is 238 cm³/mol. The smallest absolute Gasteiger partial charge is 0.0541 e. The highest BCUT2D eigenvalue weighted by Crippen LogP contribution is 2.49. The highest BCUT2D eigenvalue weighted by atomic mass is 15.0. The molecule has 1 aliphatic rings. The number of fused-ring (bicyclic) bond motifs is 7. The van der Waals surface area contributed by atoms with Crippen LogP contribution in [0, 0.1) is 0 Å². The molecule has 0 fully saturated rings. The van der Waals surface area contributed by atoms with Crippen LogP contribution in [0.2, 0.25) is 0 Å². The first kappa shape index (κ1) is 32.5. The molecule has 0 N–H and O–H groups in total. The Morgan fingerprint density at radius 1 is 0.321 bits per heavy atom. The van der Waals surface area contributed by atoms with Gasteiger partial charge in [-0.1, -0.05) is 178 Å². The van der Waals surface area contributed by atoms with Crippen molar-refractivity contribution in [2.75, 3.05) is 0 Å². The molecule has 1 heterocycles. The average Bonchev–Trinajstić information content (AvgIpc) is 3.71. The molecule has 0 atom stereocenters. The molecule has 1 aliphatic carbocycles. The summed E-state index contributed by atoms with van der Waals surface area (Å²) in [6.45, 7) is 4.72. The van der Waals surface area contributed by atoms with Gasteiger partial charge in [0.25, 0.3) is 0 Å². The number of benzene rings is 9. The molecule has 0 saturated heterocycles. The van der Waals surface area contributed by atoms with Crippen LogP contribution in [-0.4, -0.2) is 4.57 Å². The standard InChI is InChI=1S/C55H39N/c1-55(2)51-18-9-8-16-47(51)48-30-29-44(35-52(48)55)56-53-31-27-42(36-11-4-3-5-12-36)33-49(53)50-34-43(28-32-54(50)56)39-21-19-37(20-22-39)38-23-25-41(26-24-38)46-17-10-14-40-13-6-7-15-45(40)46/h3-35H,1-2H3. The van der Waals surface area contributed by atoms with Crippen LogP contribution in [0.1, 0.15) is 25.0 Å². The third-order valence-electron chi connectivity index (χ3n) is 12.2. The fourth-order valence-corrected chi connectivity index (χ4v) is 9.30. The minimum atomic E-state index is -0.0701. The molecule has 0 saturated carbocycles. The van der Waals surface area contributed by atoms with Crippen molar-refractivity contribution in [3.63, 3.8) is 0 Å². The summed E-state index contributed by atoms with van der Waals surface area (Å²) in [5.41, 5.74) is 18.8. The van der Waals surface area contributed by atoms with E-state index in [-0.39, 0.29) is 5.41 Å². The van der Waals surface area contributed by atoms with E-state index in [1.807, 2.05) is 0 Å². The first-order valence-corrected chi connectivity index (χ1v) is 19.6. The molecule has 56 heavy (non-hydrogen) atoms. The lowest BCUT2D eigenvalue weighted by molar-refractivity contribution is 0.660. The fourth-order valence-electron chi connectivity index (χ4n) is 9.30. The highest BCUT2D eigenvalue weighted by molar-refractivity contribution is 6.12. The molecule has 11 rings (SSSR count). The maximum Gasteiger partial charge on any atom is 0.0541 e. The number of rotatable bonds is 5. The first-order chi connectivity index (χ1) is 27.5. The molecular weight excluding hydrogens is 675 g/mol. The van der Waals surface area contributed by atoms with Crippen molar-refractivity contribution in [1.82, 2.24) is 4.57 Å². The normalized spacial score (nSPS) is 13.0. The summed E-state index contributed by atoms with van der Waals surface area (Å²) in [5.74, 6) is 0. The Labute approximate surface area is 327 Å². The topological polar surface area (TPSA) is 4.93 Å². The average molecular weight is 714 g/mol. The van der Waals surface area contributed by atoms with Crippen LogP contribution < -0.4 is 0 Å². The monoisotopic (exact) mass is 713 g/mol. The maximum absolute atomic E-state index is 2.47. The Balaban J connectivity index is 0.993. The molecule has 0 aliphatic heterocycles. The summed E-state index contributed by atoms with van der Waals surface area (Å²) in [5, 5.41) is 5.06. The number of hydrogen-bond acceptors (Lipinski definition) is 0. The van der Waals surface area contributed by atoms with E-state index in [0.29, 0.717) is 0 Å². The van der Waals surface area contributed by atoms with E-state index in [4.69, 9.17) is 0 Å². The molecule has 0 amide bonds. The zero-order chi connectivity index (χ0) is 37.4. The second kappa shape index (κ2) is 12.5. The van der Waals surface area contributed by atoms with Crippen LogP contribution in [0.5, 0.6) is 0 Å². The summed E-state index contributed by atoms with van der Waals surface area (Å²) >= 11 is 0. The molecule has 264 valence electrons. The van der Waals surface area contributed by atoms with E-state index < -0.39 is 0 Å². The third-order valence-corrected chi connectivity index (χ3v) is 12.2. The van der Waals surface area contributed by atoms with Crippen molar-refractivity contribution in [2.45, 2.75) is 19.3 Å². The van der Waals surface area contributed by atoms with Crippen molar-refractivity contribution < 1.29 is 0 Å². The number of aromatic nitrogens is 1. The quantitative estimate of drug-likeness (QED) is 0.167. The Morgan fingerprint density at radius 2 is 0.821 bits per heavy atom. The van der Waals surface area contributed by atoms with Crippen molar-refractivity contribution in [3.8, 4) is 61.3 Å². The summed E-state index contributed by atoms with van der Waals surface area (Å²) in [6.07, 6.45) is 0. The van der Waals surface area contributed by atoms with E-state index in [1.54, 1.807) is 0 Å². The summed E-state index contributed by atoms with van der Waals surface area (Å²) < 4.78 is 2.47. The summed E-state index contributed by atoms with van der Waals surface area (Å²) in [4.78, 5) is 0. The fraction of sp³-hybridized carbons (Fsp3) is 0.0545. The molecule has 0 radical (unpaired) electrons. The Bertz CT molecular complexity index is 3120. The molecule has 0 bridgehead atoms. The molecule has 0 spiro atoms. The van der Waals surface area contributed by atoms with E-state index in [1.165, 1.54) is 105 Å². The molecule has 1 heteroatoms. The summed E-state index contributed by atoms with van der Waals surface area (Å²) in [7, 11) is 0. The van der Waals surface area contributed by atoms with Crippen LogP contribution >= 0.6 is 0 Å². The van der Waals surface area contributed by atoms with Crippen molar-refractivity contribution in [1.29, 1.82) is 0 Å². The van der Waals surface area contributed by atoms with E-state index in [2.05, 4.69) is 219 Å². The zero-order valence-corrected chi connectivity index (χ0v) is 31.5. The van der Waals surface area contributed by atoms with Crippen LogP contribution in [0.3, 0.4) is 0 Å². The molecule has 1 nitrogen and oxygen atoms in total. The third kappa shape index (κ3) is 5.08. The van der Waals surface area contributed by atoms with Crippen molar-refractivity contribution >= 4 is 32.6 Å². The van der Waals surface area contributed by atoms with Gasteiger partial charge < -0.3 is 4.57 Å². The Kier molecular flexibility index (Phi) is 7.28. The van der Waals surface area contributed by atoms with Gasteiger partial charge in [-0.25, -0.2) is 0 Å². The maximum atomic E-state index is 2.47. The second-order valence-electron chi connectivity index (χ2n) is 15.7. The Morgan fingerprint density at radius 3 is 1.52 bits per heavy atom. The molecule has 0 unspecified atom stereocenters. The van der Waals surface area contributed by atoms with Crippen LogP contribution in [0.15, 0.2) is 200 Å². The minimum Gasteiger partial charge on any atom is -0.309 e. The van der Waals surface area contributed by atoms with Gasteiger partial charge in [-0.15, -0.1) is 0 Å². The SMILES string of the molecule is CC1(C)c2ccccc2-c2ccc(-n3c4ccc(-c5ccccc5)cc4c4cc(-c5ccc(-c6ccc(-c7cccc8ccccc78)cc6)cc5)ccc43)cc21. The summed E-state index contributed by atoms with van der Waals surface area (Å²) in [6, 6.07) is 73.8. The minimum absolute atomic E-state index is 0.0701. The molecule has 9 aromatic carbocycles. The first-order valence-electron chi connectivity index (χ1n) is 19.6. The molecular formula is C55H39N. The van der Waals surface area contributed by atoms with Gasteiger partial charge in [0, 0.05) is 21.9 Å². The van der Waals surface area contributed by atoms with E-state index >= 15 is 0 Å². The van der Waals surface area contributed by atoms with E-state index in [9.17, 15) is 0 Å². The van der Waals surface area contributed by atoms with Crippen LogP contribution in [0.4, 0.5) is 0 Å². The predicted octanol–water partition coefficient (Wildman–Crippen LogP) is 14.9. The van der Waals surface area contributed by atoms with Gasteiger partial charge in [0.2, 0.25) is 0 Å². The van der Waals surface area contributed by atoms with Gasteiger partial charge in [-0.05, 0) is 114 Å². The van der Waals surface area contributed by atoms with Crippen molar-refractivity contribution in [3.05, 3.63) is 211 Å². The molecule has 1 aromatic heterocycles. The van der Waals surface area contributed by atoms with Gasteiger partial charge in [0.1, 0.15) is 0 Å². The zero-order valence-electron chi connectivity index (χ0n) is 31.5.